The van der Waals surface area contributed by atoms with Crippen LogP contribution < -0.4 is 14.2 Å². The van der Waals surface area contributed by atoms with E-state index in [1.807, 2.05) is 6.92 Å². The van der Waals surface area contributed by atoms with Gasteiger partial charge in [-0.1, -0.05) is 63.8 Å². The maximum Gasteiger partial charge on any atom is 0.514 e. The van der Waals surface area contributed by atoms with Crippen molar-refractivity contribution in [2.24, 2.45) is 0 Å². The maximum absolute atomic E-state index is 13.6. The Kier molecular flexibility index (Phi) is 16.5. The second kappa shape index (κ2) is 20.0. The van der Waals surface area contributed by atoms with Crippen LogP contribution in [0.3, 0.4) is 0 Å². The number of rotatable bonds is 14. The van der Waals surface area contributed by atoms with Crippen molar-refractivity contribution < 1.29 is 60.4 Å². The van der Waals surface area contributed by atoms with Gasteiger partial charge >= 0.3 is 18.1 Å². The number of carbonyl (C=O) groups excluding carboxylic acids is 3. The van der Waals surface area contributed by atoms with E-state index in [-0.39, 0.29) is 18.1 Å². The first kappa shape index (κ1) is 39.7. The van der Waals surface area contributed by atoms with Crippen LogP contribution in [-0.4, -0.2) is 23.2 Å². The van der Waals surface area contributed by atoms with Crippen molar-refractivity contribution in [2.75, 3.05) is 0 Å². The molecule has 0 aliphatic rings. The molecule has 0 saturated carbocycles. The Balaban J connectivity index is 0.000000397. The normalized spacial score (nSPS) is 11.9. The molecule has 48 heavy (non-hydrogen) atoms. The van der Waals surface area contributed by atoms with Gasteiger partial charge in [0, 0.05) is 12.8 Å². The summed E-state index contributed by atoms with van der Waals surface area (Å²) < 4.78 is 85.8. The number of aliphatic hydroxyl groups is 1. The van der Waals surface area contributed by atoms with Crippen molar-refractivity contribution in [3.8, 4) is 17.2 Å². The smallest absolute Gasteiger partial charge is 0.427 e. The van der Waals surface area contributed by atoms with E-state index in [4.69, 9.17) is 14.2 Å². The fraction of sp³-hybridized carbons (Fsp3) is 0.400. The van der Waals surface area contributed by atoms with Gasteiger partial charge in [-0.25, -0.2) is 18.0 Å². The highest BCUT2D eigenvalue weighted by Crippen LogP contribution is 2.30. The van der Waals surface area contributed by atoms with E-state index in [1.165, 1.54) is 31.2 Å². The van der Waals surface area contributed by atoms with E-state index in [0.29, 0.717) is 24.2 Å². The van der Waals surface area contributed by atoms with Crippen molar-refractivity contribution in [3.63, 3.8) is 0 Å². The molecule has 8 nitrogen and oxygen atoms in total. The zero-order chi connectivity index (χ0) is 35.8. The third-order valence-corrected chi connectivity index (χ3v) is 6.77. The number of aliphatic hydroxyl groups excluding tert-OH is 1. The minimum Gasteiger partial charge on any atom is -0.427 e. The second-order valence-corrected chi connectivity index (χ2v) is 10.7. The number of carbonyl (C=O) groups is 3. The Morgan fingerprint density at radius 3 is 1.40 bits per heavy atom. The molecule has 3 aromatic carbocycles. The lowest BCUT2D eigenvalue weighted by Crippen LogP contribution is -2.16. The first-order valence-electron chi connectivity index (χ1n) is 15.5. The summed E-state index contributed by atoms with van der Waals surface area (Å²) in [7, 11) is 0. The van der Waals surface area contributed by atoms with Gasteiger partial charge in [-0.15, -0.1) is 0 Å². The molecule has 0 fully saturated rings. The van der Waals surface area contributed by atoms with Crippen LogP contribution in [0.4, 0.5) is 26.7 Å². The first-order chi connectivity index (χ1) is 22.8. The van der Waals surface area contributed by atoms with Crippen molar-refractivity contribution in [1.82, 2.24) is 0 Å². The standard InChI is InChI=1S/C21H19F5O5.C14H20O3/c1-3-4-5-6-14(27)30-13-9-7-12(8-10-13)11(2)29-21(28)31-20-18(25)16(23)15(22)17(24)19(20)26;1-3-4-5-6-14(16)17-13-9-7-12(8-10-13)11(2)15/h7-11H,3-6H2,1-2H3;7-11,15H,3-6H2,1-2H3. The molecule has 0 aromatic heterocycles. The molecule has 3 aromatic rings. The van der Waals surface area contributed by atoms with Crippen molar-refractivity contribution in [3.05, 3.63) is 88.7 Å². The molecular formula is C35H39F5O8. The quantitative estimate of drug-likeness (QED) is 0.0341. The van der Waals surface area contributed by atoms with Crippen LogP contribution in [0, 0.1) is 29.1 Å². The highest BCUT2D eigenvalue weighted by Gasteiger charge is 2.29. The van der Waals surface area contributed by atoms with Gasteiger partial charge < -0.3 is 24.1 Å². The molecule has 0 amide bonds. The Bertz CT molecular complexity index is 1470. The molecule has 262 valence electrons. The molecule has 0 saturated heterocycles. The molecule has 0 radical (unpaired) electrons. The zero-order valence-electron chi connectivity index (χ0n) is 27.1. The van der Waals surface area contributed by atoms with Crippen molar-refractivity contribution >= 4 is 18.1 Å². The highest BCUT2D eigenvalue weighted by molar-refractivity contribution is 5.72. The molecule has 0 aliphatic heterocycles. The molecule has 1 N–H and O–H groups in total. The van der Waals surface area contributed by atoms with Crippen molar-refractivity contribution in [1.29, 1.82) is 0 Å². The number of unbranched alkanes of at least 4 members (excludes halogenated alkanes) is 4. The van der Waals surface area contributed by atoms with E-state index in [9.17, 15) is 41.4 Å². The number of hydrogen-bond acceptors (Lipinski definition) is 8. The number of hydrogen-bond donors (Lipinski definition) is 1. The van der Waals surface area contributed by atoms with Gasteiger partial charge in [-0.05, 0) is 62.1 Å². The Labute approximate surface area is 275 Å². The maximum atomic E-state index is 13.6. The SMILES string of the molecule is CCCCCC(=O)Oc1ccc(C(C)O)cc1.CCCCCC(=O)Oc1ccc(C(C)OC(=O)Oc2c(F)c(F)c(F)c(F)c2F)cc1. The van der Waals surface area contributed by atoms with Crippen LogP contribution >= 0.6 is 0 Å². The Morgan fingerprint density at radius 1 is 0.604 bits per heavy atom. The molecule has 0 bridgehead atoms. The third-order valence-electron chi connectivity index (χ3n) is 6.77. The molecule has 2 atom stereocenters. The Morgan fingerprint density at radius 2 is 1.00 bits per heavy atom. The first-order valence-corrected chi connectivity index (χ1v) is 15.5. The highest BCUT2D eigenvalue weighted by atomic mass is 19.2. The topological polar surface area (TPSA) is 108 Å². The molecule has 0 heterocycles. The van der Waals surface area contributed by atoms with E-state index in [1.54, 1.807) is 31.2 Å². The van der Waals surface area contributed by atoms with Gasteiger partial charge in [0.1, 0.15) is 17.6 Å². The molecular weight excluding hydrogens is 643 g/mol. The fourth-order valence-electron chi connectivity index (χ4n) is 4.02. The average molecular weight is 683 g/mol. The van der Waals surface area contributed by atoms with Gasteiger partial charge in [-0.3, -0.25) is 9.59 Å². The summed E-state index contributed by atoms with van der Waals surface area (Å²) in [5, 5.41) is 9.33. The second-order valence-electron chi connectivity index (χ2n) is 10.7. The zero-order valence-corrected chi connectivity index (χ0v) is 27.1. The minimum atomic E-state index is -2.38. The van der Waals surface area contributed by atoms with Crippen LogP contribution in [0.15, 0.2) is 48.5 Å². The van der Waals surface area contributed by atoms with E-state index >= 15 is 0 Å². The Hall–Kier alpha value is -4.52. The molecule has 0 aliphatic carbocycles. The molecule has 2 unspecified atom stereocenters. The predicted molar refractivity (Wildman–Crippen MR) is 165 cm³/mol. The van der Waals surface area contributed by atoms with Crippen LogP contribution in [0.5, 0.6) is 17.2 Å². The van der Waals surface area contributed by atoms with Crippen LogP contribution in [-0.2, 0) is 14.3 Å². The average Bonchev–Trinajstić information content (AvgIpc) is 3.06. The minimum absolute atomic E-state index is 0.191. The lowest BCUT2D eigenvalue weighted by Gasteiger charge is -2.14. The van der Waals surface area contributed by atoms with Crippen LogP contribution in [0.25, 0.3) is 0 Å². The van der Waals surface area contributed by atoms with E-state index < -0.39 is 59.2 Å². The monoisotopic (exact) mass is 682 g/mol. The summed E-state index contributed by atoms with van der Waals surface area (Å²) >= 11 is 0. The van der Waals surface area contributed by atoms with Crippen molar-refractivity contribution in [2.45, 2.75) is 91.3 Å². The summed E-state index contributed by atoms with van der Waals surface area (Å²) in [4.78, 5) is 34.9. The van der Waals surface area contributed by atoms with Crippen LogP contribution in [0.2, 0.25) is 0 Å². The fourth-order valence-corrected chi connectivity index (χ4v) is 4.02. The lowest BCUT2D eigenvalue weighted by molar-refractivity contribution is -0.135. The van der Waals surface area contributed by atoms with E-state index in [0.717, 1.165) is 37.7 Å². The number of benzene rings is 3. The third kappa shape index (κ3) is 12.6. The summed E-state index contributed by atoms with van der Waals surface area (Å²) in [6.45, 7) is 7.18. The van der Waals surface area contributed by atoms with Gasteiger partial charge in [0.05, 0.1) is 6.10 Å². The summed E-state index contributed by atoms with van der Waals surface area (Å²) in [6, 6.07) is 12.8. The van der Waals surface area contributed by atoms with Gasteiger partial charge in [-0.2, -0.15) is 8.78 Å². The largest absolute Gasteiger partial charge is 0.514 e. The van der Waals surface area contributed by atoms with Gasteiger partial charge in [0.25, 0.3) is 0 Å². The predicted octanol–water partition coefficient (Wildman–Crippen LogP) is 9.37. The molecule has 13 heteroatoms. The van der Waals surface area contributed by atoms with E-state index in [2.05, 4.69) is 11.7 Å². The van der Waals surface area contributed by atoms with Gasteiger partial charge in [0.2, 0.25) is 34.8 Å². The number of esters is 2. The molecule has 3 rings (SSSR count). The summed E-state index contributed by atoms with van der Waals surface area (Å²) in [5.74, 6) is -13.0. The molecule has 0 spiro atoms. The van der Waals surface area contributed by atoms with Crippen LogP contribution in [0.1, 0.15) is 102 Å². The summed E-state index contributed by atoms with van der Waals surface area (Å²) in [6.07, 6.45) is 3.16. The summed E-state index contributed by atoms with van der Waals surface area (Å²) in [5.41, 5.74) is 1.20. The number of ether oxygens (including phenoxy) is 4. The lowest BCUT2D eigenvalue weighted by atomic mass is 10.1. The van der Waals surface area contributed by atoms with Gasteiger partial charge in [0.15, 0.2) is 0 Å². The number of halogens is 5.